The van der Waals surface area contributed by atoms with Crippen molar-refractivity contribution in [1.29, 1.82) is 0 Å². The van der Waals surface area contributed by atoms with Crippen LogP contribution in [0.2, 0.25) is 0 Å². The number of hydrogen-bond acceptors (Lipinski definition) is 4. The summed E-state index contributed by atoms with van der Waals surface area (Å²) in [5, 5.41) is 4.53. The maximum Gasteiger partial charge on any atom is 0.214 e. The van der Waals surface area contributed by atoms with Gasteiger partial charge in [0.25, 0.3) is 0 Å². The summed E-state index contributed by atoms with van der Waals surface area (Å²) < 4.78 is 9.66. The van der Waals surface area contributed by atoms with Crippen LogP contribution in [0.3, 0.4) is 0 Å². The number of halogens is 1. The zero-order chi connectivity index (χ0) is 15.0. The molecule has 3 aromatic heterocycles. The SMILES string of the molecule is CCn1nc(C)c2nc(CCCl)n(Cc3ncc(C)o3)c21. The zero-order valence-corrected chi connectivity index (χ0v) is 13.2. The molecule has 3 heterocycles. The maximum absolute atomic E-state index is 5.91. The number of alkyl halides is 1. The highest BCUT2D eigenvalue weighted by molar-refractivity contribution is 6.17. The quantitative estimate of drug-likeness (QED) is 0.680. The van der Waals surface area contributed by atoms with Gasteiger partial charge in [-0.3, -0.25) is 0 Å². The molecule has 0 fully saturated rings. The van der Waals surface area contributed by atoms with Crippen molar-refractivity contribution in [2.75, 3.05) is 5.88 Å². The minimum Gasteiger partial charge on any atom is -0.444 e. The van der Waals surface area contributed by atoms with E-state index in [0.717, 1.165) is 35.0 Å². The number of rotatable bonds is 5. The Morgan fingerprint density at radius 2 is 2.14 bits per heavy atom. The first-order valence-corrected chi connectivity index (χ1v) is 7.57. The van der Waals surface area contributed by atoms with Gasteiger partial charge in [-0.15, -0.1) is 11.6 Å². The predicted octanol–water partition coefficient (Wildman–Crippen LogP) is 2.69. The smallest absolute Gasteiger partial charge is 0.214 e. The van der Waals surface area contributed by atoms with E-state index in [1.165, 1.54) is 0 Å². The summed E-state index contributed by atoms with van der Waals surface area (Å²) in [6.07, 6.45) is 2.44. The molecular weight excluding hydrogens is 290 g/mol. The van der Waals surface area contributed by atoms with E-state index < -0.39 is 0 Å². The molecule has 3 rings (SSSR count). The molecule has 0 bridgehead atoms. The van der Waals surface area contributed by atoms with E-state index in [1.54, 1.807) is 6.20 Å². The number of oxazole rings is 1. The number of imidazole rings is 1. The minimum atomic E-state index is 0.531. The van der Waals surface area contributed by atoms with Crippen LogP contribution in [0.4, 0.5) is 0 Å². The average molecular weight is 308 g/mol. The second-order valence-electron chi connectivity index (χ2n) is 4.99. The van der Waals surface area contributed by atoms with Crippen molar-refractivity contribution in [3.05, 3.63) is 29.4 Å². The third-order valence-corrected chi connectivity index (χ3v) is 3.65. The molecule has 0 aliphatic heterocycles. The lowest BCUT2D eigenvalue weighted by molar-refractivity contribution is 0.454. The van der Waals surface area contributed by atoms with Crippen LogP contribution in [0.25, 0.3) is 11.2 Å². The fourth-order valence-electron chi connectivity index (χ4n) is 2.54. The lowest BCUT2D eigenvalue weighted by Crippen LogP contribution is -2.10. The molecule has 0 aromatic carbocycles. The largest absolute Gasteiger partial charge is 0.444 e. The van der Waals surface area contributed by atoms with Gasteiger partial charge in [-0.05, 0) is 20.8 Å². The van der Waals surface area contributed by atoms with Crippen molar-refractivity contribution in [2.45, 2.75) is 40.3 Å². The fourth-order valence-corrected chi connectivity index (χ4v) is 2.71. The van der Waals surface area contributed by atoms with Crippen molar-refractivity contribution >= 4 is 22.8 Å². The zero-order valence-electron chi connectivity index (χ0n) is 12.4. The average Bonchev–Trinajstić information content (AvgIpc) is 3.10. The molecule has 0 radical (unpaired) electrons. The molecule has 0 aliphatic rings. The molecular formula is C14H18ClN5O. The van der Waals surface area contributed by atoms with Crippen molar-refractivity contribution in [1.82, 2.24) is 24.3 Å². The van der Waals surface area contributed by atoms with Crippen LogP contribution in [0.5, 0.6) is 0 Å². The van der Waals surface area contributed by atoms with Crippen molar-refractivity contribution in [2.24, 2.45) is 0 Å². The van der Waals surface area contributed by atoms with Gasteiger partial charge in [0.05, 0.1) is 11.9 Å². The summed E-state index contributed by atoms with van der Waals surface area (Å²) in [6, 6.07) is 0. The first-order chi connectivity index (χ1) is 10.1. The topological polar surface area (TPSA) is 61.7 Å². The van der Waals surface area contributed by atoms with Crippen LogP contribution < -0.4 is 0 Å². The summed E-state index contributed by atoms with van der Waals surface area (Å²) in [7, 11) is 0. The minimum absolute atomic E-state index is 0.531. The Morgan fingerprint density at radius 3 is 2.76 bits per heavy atom. The summed E-state index contributed by atoms with van der Waals surface area (Å²) in [5.41, 5.74) is 2.87. The van der Waals surface area contributed by atoms with Crippen molar-refractivity contribution in [3.8, 4) is 0 Å². The molecule has 0 N–H and O–H groups in total. The molecule has 0 atom stereocenters. The van der Waals surface area contributed by atoms with E-state index >= 15 is 0 Å². The van der Waals surface area contributed by atoms with Crippen molar-refractivity contribution in [3.63, 3.8) is 0 Å². The maximum atomic E-state index is 5.91. The van der Waals surface area contributed by atoms with Crippen LogP contribution in [-0.4, -0.2) is 30.2 Å². The molecule has 7 heteroatoms. The first kappa shape index (κ1) is 14.1. The molecule has 112 valence electrons. The molecule has 0 spiro atoms. The van der Waals surface area contributed by atoms with Crippen LogP contribution in [0.15, 0.2) is 10.6 Å². The van der Waals surface area contributed by atoms with Crippen LogP contribution >= 0.6 is 11.6 Å². The number of fused-ring (bicyclic) bond motifs is 1. The summed E-state index contributed by atoms with van der Waals surface area (Å²) in [6.45, 7) is 7.27. The summed E-state index contributed by atoms with van der Waals surface area (Å²) >= 11 is 5.91. The molecule has 21 heavy (non-hydrogen) atoms. The van der Waals surface area contributed by atoms with Gasteiger partial charge in [0.1, 0.15) is 23.6 Å². The Labute approximate surface area is 127 Å². The van der Waals surface area contributed by atoms with Crippen LogP contribution in [0, 0.1) is 13.8 Å². The second-order valence-corrected chi connectivity index (χ2v) is 5.37. The fraction of sp³-hybridized carbons (Fsp3) is 0.500. The number of hydrogen-bond donors (Lipinski definition) is 0. The van der Waals surface area contributed by atoms with E-state index in [1.807, 2.05) is 18.5 Å². The monoisotopic (exact) mass is 307 g/mol. The van der Waals surface area contributed by atoms with E-state index in [9.17, 15) is 0 Å². The highest BCUT2D eigenvalue weighted by Crippen LogP contribution is 2.21. The number of aryl methyl sites for hydroxylation is 4. The number of aromatic nitrogens is 5. The number of nitrogens with zero attached hydrogens (tertiary/aromatic N) is 5. The van der Waals surface area contributed by atoms with Gasteiger partial charge in [-0.2, -0.15) is 5.10 Å². The van der Waals surface area contributed by atoms with Gasteiger partial charge in [0.2, 0.25) is 5.89 Å². The van der Waals surface area contributed by atoms with Gasteiger partial charge in [0, 0.05) is 18.8 Å². The molecule has 0 saturated carbocycles. The van der Waals surface area contributed by atoms with Crippen LogP contribution in [0.1, 0.15) is 30.1 Å². The normalized spacial score (nSPS) is 11.6. The molecule has 0 amide bonds. The van der Waals surface area contributed by atoms with E-state index in [2.05, 4.69) is 21.6 Å². The lowest BCUT2D eigenvalue weighted by atomic mass is 10.4. The molecule has 0 aliphatic carbocycles. The van der Waals surface area contributed by atoms with E-state index in [4.69, 9.17) is 21.0 Å². The van der Waals surface area contributed by atoms with Crippen LogP contribution in [-0.2, 0) is 19.5 Å². The van der Waals surface area contributed by atoms with Gasteiger partial charge in [-0.1, -0.05) is 0 Å². The molecule has 0 saturated heterocycles. The Morgan fingerprint density at radius 1 is 1.33 bits per heavy atom. The first-order valence-electron chi connectivity index (χ1n) is 7.03. The second kappa shape index (κ2) is 5.52. The summed E-state index contributed by atoms with van der Waals surface area (Å²) in [5.74, 6) is 2.95. The highest BCUT2D eigenvalue weighted by atomic mass is 35.5. The summed E-state index contributed by atoms with van der Waals surface area (Å²) in [4.78, 5) is 8.98. The molecule has 6 nitrogen and oxygen atoms in total. The van der Waals surface area contributed by atoms with E-state index in [-0.39, 0.29) is 0 Å². The Balaban J connectivity index is 2.14. The molecule has 0 unspecified atom stereocenters. The lowest BCUT2D eigenvalue weighted by Gasteiger charge is -2.07. The standard InChI is InChI=1S/C14H18ClN5O/c1-4-20-14-13(10(3)18-20)17-11(5-6-15)19(14)8-12-16-7-9(2)21-12/h7H,4-6,8H2,1-3H3. The van der Waals surface area contributed by atoms with Gasteiger partial charge < -0.3 is 8.98 Å². The van der Waals surface area contributed by atoms with E-state index in [0.29, 0.717) is 24.7 Å². The molecule has 3 aromatic rings. The Hall–Kier alpha value is -1.82. The third-order valence-electron chi connectivity index (χ3n) is 3.46. The predicted molar refractivity (Wildman–Crippen MR) is 80.7 cm³/mol. The Kier molecular flexibility index (Phi) is 3.71. The van der Waals surface area contributed by atoms with Gasteiger partial charge >= 0.3 is 0 Å². The van der Waals surface area contributed by atoms with Crippen molar-refractivity contribution < 1.29 is 4.42 Å². The van der Waals surface area contributed by atoms with Gasteiger partial charge in [-0.25, -0.2) is 14.6 Å². The Bertz CT molecular complexity index is 770. The highest BCUT2D eigenvalue weighted by Gasteiger charge is 2.19. The third kappa shape index (κ3) is 2.44. The van der Waals surface area contributed by atoms with Gasteiger partial charge in [0.15, 0.2) is 5.65 Å².